The van der Waals surface area contributed by atoms with Gasteiger partial charge in [-0.05, 0) is 61.9 Å². The fourth-order valence-corrected chi connectivity index (χ4v) is 3.95. The van der Waals surface area contributed by atoms with Gasteiger partial charge in [-0.25, -0.2) is 0 Å². The zero-order valence-electron chi connectivity index (χ0n) is 18.8. The highest BCUT2D eigenvalue weighted by atomic mass is 16.2. The number of hydrogen-bond acceptors (Lipinski definition) is 3. The second-order valence-electron chi connectivity index (χ2n) is 8.22. The van der Waals surface area contributed by atoms with Crippen molar-refractivity contribution in [2.75, 3.05) is 19.6 Å². The summed E-state index contributed by atoms with van der Waals surface area (Å²) >= 11 is 0. The van der Waals surface area contributed by atoms with Crippen molar-refractivity contribution in [2.24, 2.45) is 0 Å². The van der Waals surface area contributed by atoms with E-state index in [4.69, 9.17) is 0 Å². The van der Waals surface area contributed by atoms with E-state index < -0.39 is 6.04 Å². The van der Waals surface area contributed by atoms with Crippen LogP contribution in [0.3, 0.4) is 0 Å². The molecule has 0 unspecified atom stereocenters. The third-order valence-electron chi connectivity index (χ3n) is 5.81. The fourth-order valence-electron chi connectivity index (χ4n) is 3.95. The molecule has 1 atom stereocenters. The summed E-state index contributed by atoms with van der Waals surface area (Å²) in [6, 6.07) is 16.4. The highest BCUT2D eigenvalue weighted by Crippen LogP contribution is 2.21. The van der Waals surface area contributed by atoms with Gasteiger partial charge >= 0.3 is 0 Å². The van der Waals surface area contributed by atoms with Gasteiger partial charge in [0.25, 0.3) is 11.8 Å². The molecule has 2 N–H and O–H groups in total. The monoisotopic (exact) mass is 435 g/mol. The van der Waals surface area contributed by atoms with Gasteiger partial charge in [0, 0.05) is 30.8 Å². The molecule has 0 spiro atoms. The third kappa shape index (κ3) is 6.42. The molecule has 2 aromatic carbocycles. The van der Waals surface area contributed by atoms with E-state index in [1.807, 2.05) is 42.5 Å². The Morgan fingerprint density at radius 3 is 2.34 bits per heavy atom. The van der Waals surface area contributed by atoms with E-state index >= 15 is 0 Å². The molecule has 0 radical (unpaired) electrons. The normalized spacial score (nSPS) is 15.4. The van der Waals surface area contributed by atoms with Gasteiger partial charge in [0.1, 0.15) is 6.04 Å². The molecule has 2 aromatic rings. The molecule has 1 saturated heterocycles. The maximum Gasteiger partial charge on any atom is 0.254 e. The lowest BCUT2D eigenvalue weighted by Gasteiger charge is -2.24. The van der Waals surface area contributed by atoms with Crippen molar-refractivity contribution in [1.29, 1.82) is 0 Å². The number of carbonyl (C=O) groups excluding carboxylic acids is 3. The maximum absolute atomic E-state index is 13.0. The van der Waals surface area contributed by atoms with Crippen LogP contribution >= 0.6 is 0 Å². The number of hydrogen-bond donors (Lipinski definition) is 2. The Labute approximate surface area is 190 Å². The van der Waals surface area contributed by atoms with E-state index in [1.165, 1.54) is 5.56 Å². The summed E-state index contributed by atoms with van der Waals surface area (Å²) in [4.78, 5) is 39.4. The van der Waals surface area contributed by atoms with Gasteiger partial charge in [-0.2, -0.15) is 0 Å². The number of carbonyl (C=O) groups is 3. The number of amides is 3. The minimum Gasteiger partial charge on any atom is -0.354 e. The molecule has 1 aliphatic rings. The van der Waals surface area contributed by atoms with Crippen LogP contribution in [0.1, 0.15) is 65.3 Å². The fraction of sp³-hybridized carbons (Fsp3) is 0.423. The van der Waals surface area contributed by atoms with Crippen molar-refractivity contribution >= 4 is 17.7 Å². The van der Waals surface area contributed by atoms with Crippen LogP contribution in [-0.2, 0) is 11.2 Å². The molecule has 0 aliphatic carbocycles. The number of unbranched alkanes of at least 4 members (excludes halogenated alkanes) is 1. The van der Waals surface area contributed by atoms with Gasteiger partial charge in [0.15, 0.2) is 0 Å². The first-order valence-corrected chi connectivity index (χ1v) is 11.6. The van der Waals surface area contributed by atoms with E-state index in [1.54, 1.807) is 17.0 Å². The van der Waals surface area contributed by atoms with Crippen LogP contribution in [0, 0.1) is 0 Å². The Morgan fingerprint density at radius 2 is 1.62 bits per heavy atom. The molecule has 0 saturated carbocycles. The SMILES string of the molecule is CCCCc1ccc(C(=O)N2CCC[C@@H]2C(=O)NCCCNC(=O)c2ccccc2)cc1. The van der Waals surface area contributed by atoms with Crippen molar-refractivity contribution < 1.29 is 14.4 Å². The summed E-state index contributed by atoms with van der Waals surface area (Å²) in [6.45, 7) is 3.70. The van der Waals surface area contributed by atoms with Crippen LogP contribution in [0.25, 0.3) is 0 Å². The minimum absolute atomic E-state index is 0.0835. The van der Waals surface area contributed by atoms with Gasteiger partial charge in [-0.1, -0.05) is 43.7 Å². The van der Waals surface area contributed by atoms with Crippen LogP contribution in [-0.4, -0.2) is 48.3 Å². The van der Waals surface area contributed by atoms with Crippen LogP contribution < -0.4 is 10.6 Å². The molecule has 3 rings (SSSR count). The Hall–Kier alpha value is -3.15. The summed E-state index contributed by atoms with van der Waals surface area (Å²) in [6.07, 6.45) is 5.43. The van der Waals surface area contributed by atoms with E-state index in [0.29, 0.717) is 43.6 Å². The standard InChI is InChI=1S/C26H33N3O3/c1-2-3-9-20-13-15-22(16-14-20)26(32)29-19-7-12-23(29)25(31)28-18-8-17-27-24(30)21-10-5-4-6-11-21/h4-6,10-11,13-16,23H,2-3,7-9,12,17-19H2,1H3,(H,27,30)(H,28,31)/t23-/m1/s1. The first kappa shape index (κ1) is 23.5. The van der Waals surface area contributed by atoms with Crippen LogP contribution in [0.4, 0.5) is 0 Å². The van der Waals surface area contributed by atoms with Gasteiger partial charge in [-0.3, -0.25) is 14.4 Å². The first-order valence-electron chi connectivity index (χ1n) is 11.6. The second-order valence-corrected chi connectivity index (χ2v) is 8.22. The van der Waals surface area contributed by atoms with Crippen LogP contribution in [0.2, 0.25) is 0 Å². The molecule has 0 bridgehead atoms. The lowest BCUT2D eigenvalue weighted by molar-refractivity contribution is -0.124. The molecule has 1 aliphatic heterocycles. The molecular formula is C26H33N3O3. The molecule has 6 heteroatoms. The lowest BCUT2D eigenvalue weighted by atomic mass is 10.1. The molecule has 170 valence electrons. The zero-order valence-corrected chi connectivity index (χ0v) is 18.8. The second kappa shape index (κ2) is 12.0. The summed E-state index contributed by atoms with van der Waals surface area (Å²) in [5, 5.41) is 5.78. The van der Waals surface area contributed by atoms with Gasteiger partial charge < -0.3 is 15.5 Å². The van der Waals surface area contributed by atoms with Crippen molar-refractivity contribution in [2.45, 2.75) is 51.5 Å². The molecule has 1 heterocycles. The van der Waals surface area contributed by atoms with Crippen LogP contribution in [0.15, 0.2) is 54.6 Å². The van der Waals surface area contributed by atoms with Crippen LogP contribution in [0.5, 0.6) is 0 Å². The average Bonchev–Trinajstić information content (AvgIpc) is 3.33. The van der Waals surface area contributed by atoms with Crippen molar-refractivity contribution in [3.8, 4) is 0 Å². The number of nitrogens with one attached hydrogen (secondary N) is 2. The Kier molecular flexibility index (Phi) is 8.84. The molecule has 0 aromatic heterocycles. The van der Waals surface area contributed by atoms with Gasteiger partial charge in [0.2, 0.25) is 5.91 Å². The average molecular weight is 436 g/mol. The minimum atomic E-state index is -0.429. The number of aryl methyl sites for hydroxylation is 1. The number of nitrogens with zero attached hydrogens (tertiary/aromatic N) is 1. The molecular weight excluding hydrogens is 402 g/mol. The quantitative estimate of drug-likeness (QED) is 0.560. The van der Waals surface area contributed by atoms with E-state index in [0.717, 1.165) is 25.7 Å². The Balaban J connectivity index is 1.43. The topological polar surface area (TPSA) is 78.5 Å². The number of benzene rings is 2. The number of rotatable bonds is 10. The van der Waals surface area contributed by atoms with Crippen molar-refractivity contribution in [1.82, 2.24) is 15.5 Å². The zero-order chi connectivity index (χ0) is 22.8. The Morgan fingerprint density at radius 1 is 0.906 bits per heavy atom. The maximum atomic E-state index is 13.0. The predicted octanol–water partition coefficient (Wildman–Crippen LogP) is 3.57. The predicted molar refractivity (Wildman–Crippen MR) is 126 cm³/mol. The molecule has 1 fully saturated rings. The largest absolute Gasteiger partial charge is 0.354 e. The molecule has 3 amide bonds. The first-order chi connectivity index (χ1) is 15.6. The van der Waals surface area contributed by atoms with Crippen molar-refractivity contribution in [3.63, 3.8) is 0 Å². The summed E-state index contributed by atoms with van der Waals surface area (Å²) in [7, 11) is 0. The summed E-state index contributed by atoms with van der Waals surface area (Å²) in [5.41, 5.74) is 2.49. The third-order valence-corrected chi connectivity index (χ3v) is 5.81. The van der Waals surface area contributed by atoms with E-state index in [-0.39, 0.29) is 17.7 Å². The van der Waals surface area contributed by atoms with Crippen molar-refractivity contribution in [3.05, 3.63) is 71.3 Å². The highest BCUT2D eigenvalue weighted by Gasteiger charge is 2.34. The number of likely N-dealkylation sites (tertiary alicyclic amines) is 1. The highest BCUT2D eigenvalue weighted by molar-refractivity contribution is 5.98. The summed E-state index contributed by atoms with van der Waals surface area (Å²) < 4.78 is 0. The van der Waals surface area contributed by atoms with E-state index in [2.05, 4.69) is 17.6 Å². The van der Waals surface area contributed by atoms with E-state index in [9.17, 15) is 14.4 Å². The smallest absolute Gasteiger partial charge is 0.254 e. The van der Waals surface area contributed by atoms with Gasteiger partial charge in [0.05, 0.1) is 0 Å². The summed E-state index contributed by atoms with van der Waals surface area (Å²) in [5.74, 6) is -0.324. The molecule has 32 heavy (non-hydrogen) atoms. The lowest BCUT2D eigenvalue weighted by Crippen LogP contribution is -2.46. The van der Waals surface area contributed by atoms with Gasteiger partial charge in [-0.15, -0.1) is 0 Å². The molecule has 6 nitrogen and oxygen atoms in total. The Bertz CT molecular complexity index is 896.